The van der Waals surface area contributed by atoms with Crippen molar-refractivity contribution in [2.75, 3.05) is 25.1 Å². The summed E-state index contributed by atoms with van der Waals surface area (Å²) < 4.78 is 5.64. The van der Waals surface area contributed by atoms with E-state index in [4.69, 9.17) is 9.72 Å². The predicted octanol–water partition coefficient (Wildman–Crippen LogP) is 2.65. The molecule has 0 radical (unpaired) electrons. The summed E-state index contributed by atoms with van der Waals surface area (Å²) in [5.41, 5.74) is 1.11. The van der Waals surface area contributed by atoms with Gasteiger partial charge in [-0.1, -0.05) is 13.8 Å². The van der Waals surface area contributed by atoms with E-state index >= 15 is 0 Å². The molecule has 0 spiro atoms. The molecule has 1 saturated heterocycles. The van der Waals surface area contributed by atoms with E-state index in [1.807, 2.05) is 7.11 Å². The molecule has 19 heavy (non-hydrogen) atoms. The van der Waals surface area contributed by atoms with Crippen LogP contribution in [0.25, 0.3) is 0 Å². The van der Waals surface area contributed by atoms with Crippen LogP contribution in [-0.4, -0.2) is 36.8 Å². The maximum absolute atomic E-state index is 5.64. The van der Waals surface area contributed by atoms with Gasteiger partial charge in [0.05, 0.1) is 11.3 Å². The molecule has 1 aromatic rings. The largest absolute Gasteiger partial charge is 0.377 e. The summed E-state index contributed by atoms with van der Waals surface area (Å²) in [5.74, 6) is 0. The van der Waals surface area contributed by atoms with Crippen LogP contribution in [0.3, 0.4) is 0 Å². The SMILES string of the molecule is COC1(C)CCCN(c2nc(CNC(C)C)cs2)C1. The van der Waals surface area contributed by atoms with Gasteiger partial charge in [0.15, 0.2) is 5.13 Å². The number of aromatic nitrogens is 1. The predicted molar refractivity (Wildman–Crippen MR) is 81.0 cm³/mol. The van der Waals surface area contributed by atoms with Gasteiger partial charge in [0.2, 0.25) is 0 Å². The highest BCUT2D eigenvalue weighted by Crippen LogP contribution is 2.29. The number of hydrogen-bond donors (Lipinski definition) is 1. The summed E-state index contributed by atoms with van der Waals surface area (Å²) >= 11 is 1.74. The molecular formula is C14H25N3OS. The Kier molecular flexibility index (Phi) is 4.81. The van der Waals surface area contributed by atoms with E-state index in [2.05, 4.69) is 36.4 Å². The van der Waals surface area contributed by atoms with Gasteiger partial charge in [0, 0.05) is 38.2 Å². The van der Waals surface area contributed by atoms with Crippen LogP contribution in [0.4, 0.5) is 5.13 Å². The molecular weight excluding hydrogens is 258 g/mol. The molecule has 1 fully saturated rings. The molecule has 1 aliphatic rings. The van der Waals surface area contributed by atoms with Crippen molar-refractivity contribution in [1.29, 1.82) is 0 Å². The number of methoxy groups -OCH3 is 1. The van der Waals surface area contributed by atoms with Gasteiger partial charge in [-0.15, -0.1) is 11.3 Å². The van der Waals surface area contributed by atoms with E-state index in [1.54, 1.807) is 11.3 Å². The van der Waals surface area contributed by atoms with Crippen LogP contribution in [0.1, 0.15) is 39.3 Å². The Bertz CT molecular complexity index is 407. The fourth-order valence-electron chi connectivity index (χ4n) is 2.37. The third-order valence-electron chi connectivity index (χ3n) is 3.65. The maximum Gasteiger partial charge on any atom is 0.185 e. The lowest BCUT2D eigenvalue weighted by molar-refractivity contribution is -0.00466. The first kappa shape index (κ1) is 14.8. The molecule has 1 unspecified atom stereocenters. The van der Waals surface area contributed by atoms with Crippen LogP contribution in [-0.2, 0) is 11.3 Å². The molecule has 108 valence electrons. The standard InChI is InChI=1S/C14H25N3OS/c1-11(2)15-8-12-9-19-13(16-12)17-7-5-6-14(3,10-17)18-4/h9,11,15H,5-8,10H2,1-4H3. The molecule has 0 aliphatic carbocycles. The van der Waals surface area contributed by atoms with Gasteiger partial charge in [-0.25, -0.2) is 4.98 Å². The molecule has 4 nitrogen and oxygen atoms in total. The van der Waals surface area contributed by atoms with Crippen molar-refractivity contribution in [3.05, 3.63) is 11.1 Å². The van der Waals surface area contributed by atoms with Crippen molar-refractivity contribution in [3.8, 4) is 0 Å². The molecule has 1 aromatic heterocycles. The molecule has 2 heterocycles. The Balaban J connectivity index is 1.98. The van der Waals surface area contributed by atoms with E-state index in [1.165, 1.54) is 6.42 Å². The molecule has 0 aromatic carbocycles. The summed E-state index contributed by atoms with van der Waals surface area (Å²) in [6.07, 6.45) is 2.30. The average molecular weight is 283 g/mol. The van der Waals surface area contributed by atoms with Gasteiger partial charge in [-0.05, 0) is 19.8 Å². The number of thiazole rings is 1. The van der Waals surface area contributed by atoms with Crippen LogP contribution in [0.5, 0.6) is 0 Å². The minimum atomic E-state index is -0.0275. The highest BCUT2D eigenvalue weighted by Gasteiger charge is 2.31. The number of anilines is 1. The monoisotopic (exact) mass is 283 g/mol. The lowest BCUT2D eigenvalue weighted by Gasteiger charge is -2.39. The van der Waals surface area contributed by atoms with Crippen molar-refractivity contribution in [1.82, 2.24) is 10.3 Å². The summed E-state index contributed by atoms with van der Waals surface area (Å²) in [4.78, 5) is 7.09. The first-order valence-corrected chi connectivity index (χ1v) is 7.88. The zero-order chi connectivity index (χ0) is 13.9. The topological polar surface area (TPSA) is 37.4 Å². The Labute approximate surface area is 120 Å². The second-order valence-corrected chi connectivity index (χ2v) is 6.67. The summed E-state index contributed by atoms with van der Waals surface area (Å²) in [5, 5.41) is 6.69. The highest BCUT2D eigenvalue weighted by atomic mass is 32.1. The molecule has 0 bridgehead atoms. The molecule has 0 saturated carbocycles. The highest BCUT2D eigenvalue weighted by molar-refractivity contribution is 7.13. The average Bonchev–Trinajstić information content (AvgIpc) is 2.85. The third kappa shape index (κ3) is 3.91. The molecule has 1 atom stereocenters. The van der Waals surface area contributed by atoms with Gasteiger partial charge in [0.25, 0.3) is 0 Å². The Hall–Kier alpha value is -0.650. The zero-order valence-electron chi connectivity index (χ0n) is 12.4. The number of rotatable bonds is 5. The van der Waals surface area contributed by atoms with Crippen molar-refractivity contribution in [3.63, 3.8) is 0 Å². The molecule has 1 N–H and O–H groups in total. The van der Waals surface area contributed by atoms with E-state index in [-0.39, 0.29) is 5.60 Å². The van der Waals surface area contributed by atoms with Gasteiger partial charge in [0.1, 0.15) is 0 Å². The first-order chi connectivity index (χ1) is 9.02. The second kappa shape index (κ2) is 6.20. The number of ether oxygens (including phenoxy) is 1. The molecule has 0 amide bonds. The number of piperidine rings is 1. The minimum Gasteiger partial charge on any atom is -0.377 e. The smallest absolute Gasteiger partial charge is 0.185 e. The van der Waals surface area contributed by atoms with Gasteiger partial charge < -0.3 is 15.0 Å². The number of nitrogens with one attached hydrogen (secondary N) is 1. The molecule has 1 aliphatic heterocycles. The fraction of sp³-hybridized carbons (Fsp3) is 0.786. The summed E-state index contributed by atoms with van der Waals surface area (Å²) in [7, 11) is 1.81. The lowest BCUT2D eigenvalue weighted by Crippen LogP contribution is -2.47. The van der Waals surface area contributed by atoms with E-state index < -0.39 is 0 Å². The van der Waals surface area contributed by atoms with Crippen LogP contribution >= 0.6 is 11.3 Å². The normalized spacial score (nSPS) is 24.2. The van der Waals surface area contributed by atoms with E-state index in [0.29, 0.717) is 6.04 Å². The van der Waals surface area contributed by atoms with Crippen LogP contribution < -0.4 is 10.2 Å². The summed E-state index contributed by atoms with van der Waals surface area (Å²) in [6.45, 7) is 9.37. The van der Waals surface area contributed by atoms with Crippen molar-refractivity contribution < 1.29 is 4.74 Å². The first-order valence-electron chi connectivity index (χ1n) is 7.00. The number of hydrogen-bond acceptors (Lipinski definition) is 5. The van der Waals surface area contributed by atoms with Gasteiger partial charge in [-0.3, -0.25) is 0 Å². The van der Waals surface area contributed by atoms with Gasteiger partial charge in [-0.2, -0.15) is 0 Å². The van der Waals surface area contributed by atoms with Crippen molar-refractivity contribution >= 4 is 16.5 Å². The zero-order valence-corrected chi connectivity index (χ0v) is 13.2. The van der Waals surface area contributed by atoms with Crippen LogP contribution in [0.15, 0.2) is 5.38 Å². The Morgan fingerprint density at radius 1 is 1.58 bits per heavy atom. The Morgan fingerprint density at radius 3 is 3.05 bits per heavy atom. The van der Waals surface area contributed by atoms with Gasteiger partial charge >= 0.3 is 0 Å². The fourth-order valence-corrected chi connectivity index (χ4v) is 3.22. The Morgan fingerprint density at radius 2 is 2.37 bits per heavy atom. The van der Waals surface area contributed by atoms with E-state index in [9.17, 15) is 0 Å². The summed E-state index contributed by atoms with van der Waals surface area (Å²) in [6, 6.07) is 0.497. The molecule has 5 heteroatoms. The van der Waals surface area contributed by atoms with E-state index in [0.717, 1.165) is 36.9 Å². The van der Waals surface area contributed by atoms with Crippen LogP contribution in [0, 0.1) is 0 Å². The van der Waals surface area contributed by atoms with Crippen molar-refractivity contribution in [2.45, 2.75) is 51.8 Å². The second-order valence-electron chi connectivity index (χ2n) is 5.84. The third-order valence-corrected chi connectivity index (χ3v) is 4.60. The quantitative estimate of drug-likeness (QED) is 0.901. The number of nitrogens with zero attached hydrogens (tertiary/aromatic N) is 2. The lowest BCUT2D eigenvalue weighted by atomic mass is 9.95. The molecule has 2 rings (SSSR count). The minimum absolute atomic E-state index is 0.0275. The van der Waals surface area contributed by atoms with Crippen LogP contribution in [0.2, 0.25) is 0 Å². The maximum atomic E-state index is 5.64. The van der Waals surface area contributed by atoms with Crippen molar-refractivity contribution in [2.24, 2.45) is 0 Å².